The quantitative estimate of drug-likeness (QED) is 0.616. The fourth-order valence-electron chi connectivity index (χ4n) is 1.13. The first-order valence-corrected chi connectivity index (χ1v) is 3.85. The van der Waals surface area contributed by atoms with Crippen LogP contribution >= 0.6 is 0 Å². The van der Waals surface area contributed by atoms with Gasteiger partial charge in [0.1, 0.15) is 0 Å². The van der Waals surface area contributed by atoms with Gasteiger partial charge in [0.2, 0.25) is 0 Å². The molecule has 1 rings (SSSR count). The van der Waals surface area contributed by atoms with Crippen molar-refractivity contribution in [3.63, 3.8) is 0 Å². The molecule has 66 valence electrons. The first-order valence-electron chi connectivity index (χ1n) is 3.85. The number of rotatable bonds is 2. The number of carbonyl (C=O) groups excluding carboxylic acids is 1. The molecule has 1 aliphatic carbocycles. The minimum atomic E-state index is -1.03. The van der Waals surface area contributed by atoms with E-state index in [1.807, 2.05) is 24.3 Å². The van der Waals surface area contributed by atoms with Gasteiger partial charge in [-0.2, -0.15) is 0 Å². The molecule has 2 unspecified atom stereocenters. The minimum Gasteiger partial charge on any atom is -0.467 e. The Labute approximate surface area is 71.3 Å². The van der Waals surface area contributed by atoms with Crippen molar-refractivity contribution in [3.8, 4) is 0 Å². The number of hydrogen-bond acceptors (Lipinski definition) is 3. The standard InChI is InChI=1S/C9H12O3/c1-12-9(11)8(10)7-5-3-2-4-6-7/h2-5,7-8,10H,6H2,1H3. The average molecular weight is 168 g/mol. The Balaban J connectivity index is 2.52. The number of aliphatic hydroxyl groups excluding tert-OH is 1. The van der Waals surface area contributed by atoms with Gasteiger partial charge >= 0.3 is 5.97 Å². The van der Waals surface area contributed by atoms with Crippen LogP contribution in [0.15, 0.2) is 24.3 Å². The van der Waals surface area contributed by atoms with Crippen LogP contribution in [0.4, 0.5) is 0 Å². The van der Waals surface area contributed by atoms with Crippen LogP contribution in [0.5, 0.6) is 0 Å². The Hall–Kier alpha value is -1.09. The van der Waals surface area contributed by atoms with Gasteiger partial charge in [-0.1, -0.05) is 24.3 Å². The summed E-state index contributed by atoms with van der Waals surface area (Å²) < 4.78 is 4.42. The molecule has 1 aliphatic rings. The number of aliphatic hydroxyl groups is 1. The molecular formula is C9H12O3. The molecule has 3 heteroatoms. The molecule has 0 aromatic heterocycles. The molecule has 0 aliphatic heterocycles. The fourth-order valence-corrected chi connectivity index (χ4v) is 1.13. The molecule has 0 aromatic rings. The van der Waals surface area contributed by atoms with Gasteiger partial charge in [-0.15, -0.1) is 0 Å². The lowest BCUT2D eigenvalue weighted by atomic mass is 9.95. The lowest BCUT2D eigenvalue weighted by Crippen LogP contribution is -2.29. The van der Waals surface area contributed by atoms with E-state index in [-0.39, 0.29) is 5.92 Å². The Morgan fingerprint density at radius 1 is 1.67 bits per heavy atom. The lowest BCUT2D eigenvalue weighted by Gasteiger charge is -2.17. The third-order valence-corrected chi connectivity index (χ3v) is 1.86. The molecule has 12 heavy (non-hydrogen) atoms. The molecule has 0 heterocycles. The molecular weight excluding hydrogens is 156 g/mol. The molecule has 0 saturated heterocycles. The third-order valence-electron chi connectivity index (χ3n) is 1.86. The zero-order valence-electron chi connectivity index (χ0n) is 6.93. The molecule has 3 nitrogen and oxygen atoms in total. The van der Waals surface area contributed by atoms with E-state index >= 15 is 0 Å². The topological polar surface area (TPSA) is 46.5 Å². The molecule has 0 bridgehead atoms. The molecule has 0 spiro atoms. The molecule has 0 fully saturated rings. The van der Waals surface area contributed by atoms with Crippen molar-refractivity contribution in [2.75, 3.05) is 7.11 Å². The van der Waals surface area contributed by atoms with Crippen molar-refractivity contribution >= 4 is 5.97 Å². The van der Waals surface area contributed by atoms with Gasteiger partial charge in [0.15, 0.2) is 6.10 Å². The minimum absolute atomic E-state index is 0.137. The number of hydrogen-bond donors (Lipinski definition) is 1. The SMILES string of the molecule is COC(=O)C(O)C1C=CC=CC1. The largest absolute Gasteiger partial charge is 0.467 e. The highest BCUT2D eigenvalue weighted by Gasteiger charge is 2.24. The highest BCUT2D eigenvalue weighted by atomic mass is 16.5. The first kappa shape index (κ1) is 9.00. The van der Waals surface area contributed by atoms with Crippen LogP contribution in [-0.4, -0.2) is 24.3 Å². The van der Waals surface area contributed by atoms with Gasteiger partial charge in [0.25, 0.3) is 0 Å². The highest BCUT2D eigenvalue weighted by molar-refractivity contribution is 5.75. The van der Waals surface area contributed by atoms with Gasteiger partial charge in [-0.05, 0) is 6.42 Å². The lowest BCUT2D eigenvalue weighted by molar-refractivity contribution is -0.152. The molecule has 0 amide bonds. The fraction of sp³-hybridized carbons (Fsp3) is 0.444. The Bertz CT molecular complexity index is 218. The Morgan fingerprint density at radius 2 is 2.42 bits per heavy atom. The zero-order valence-corrected chi connectivity index (χ0v) is 6.93. The smallest absolute Gasteiger partial charge is 0.335 e. The average Bonchev–Trinajstić information content (AvgIpc) is 2.17. The van der Waals surface area contributed by atoms with Crippen LogP contribution in [0.2, 0.25) is 0 Å². The van der Waals surface area contributed by atoms with Crippen LogP contribution in [0.1, 0.15) is 6.42 Å². The van der Waals surface area contributed by atoms with E-state index in [2.05, 4.69) is 4.74 Å². The van der Waals surface area contributed by atoms with E-state index in [1.165, 1.54) is 7.11 Å². The van der Waals surface area contributed by atoms with Gasteiger partial charge < -0.3 is 9.84 Å². The van der Waals surface area contributed by atoms with E-state index in [0.29, 0.717) is 6.42 Å². The predicted molar refractivity (Wildman–Crippen MR) is 44.4 cm³/mol. The maximum absolute atomic E-state index is 10.9. The molecule has 0 aromatic carbocycles. The van der Waals surface area contributed by atoms with Gasteiger partial charge in [0.05, 0.1) is 7.11 Å². The van der Waals surface area contributed by atoms with Crippen LogP contribution < -0.4 is 0 Å². The van der Waals surface area contributed by atoms with Crippen molar-refractivity contribution in [1.29, 1.82) is 0 Å². The number of ether oxygens (including phenoxy) is 1. The second-order valence-electron chi connectivity index (χ2n) is 2.68. The summed E-state index contributed by atoms with van der Waals surface area (Å²) in [6.07, 6.45) is 7.09. The van der Waals surface area contributed by atoms with Crippen LogP contribution in [0.3, 0.4) is 0 Å². The van der Waals surface area contributed by atoms with Crippen molar-refractivity contribution < 1.29 is 14.6 Å². The summed E-state index contributed by atoms with van der Waals surface area (Å²) in [5.41, 5.74) is 0. The highest BCUT2D eigenvalue weighted by Crippen LogP contribution is 2.16. The molecule has 0 radical (unpaired) electrons. The first-order chi connectivity index (χ1) is 5.75. The monoisotopic (exact) mass is 168 g/mol. The predicted octanol–water partition coefficient (Wildman–Crippen LogP) is 0.653. The van der Waals surface area contributed by atoms with E-state index < -0.39 is 12.1 Å². The maximum atomic E-state index is 10.9. The summed E-state index contributed by atoms with van der Waals surface area (Å²) >= 11 is 0. The van der Waals surface area contributed by atoms with E-state index in [9.17, 15) is 9.90 Å². The second kappa shape index (κ2) is 4.07. The summed E-state index contributed by atoms with van der Waals surface area (Å²) in [6, 6.07) is 0. The summed E-state index contributed by atoms with van der Waals surface area (Å²) in [5, 5.41) is 9.38. The maximum Gasteiger partial charge on any atom is 0.335 e. The molecule has 2 atom stereocenters. The van der Waals surface area contributed by atoms with Crippen molar-refractivity contribution in [3.05, 3.63) is 24.3 Å². The van der Waals surface area contributed by atoms with Crippen LogP contribution in [0, 0.1) is 5.92 Å². The number of esters is 1. The van der Waals surface area contributed by atoms with Gasteiger partial charge in [0, 0.05) is 5.92 Å². The third kappa shape index (κ3) is 1.95. The zero-order chi connectivity index (χ0) is 8.97. The summed E-state index contributed by atoms with van der Waals surface area (Å²) in [5.74, 6) is -0.706. The Morgan fingerprint density at radius 3 is 2.92 bits per heavy atom. The van der Waals surface area contributed by atoms with Crippen LogP contribution in [-0.2, 0) is 9.53 Å². The van der Waals surface area contributed by atoms with Gasteiger partial charge in [-0.3, -0.25) is 0 Å². The van der Waals surface area contributed by atoms with Crippen molar-refractivity contribution in [2.24, 2.45) is 5.92 Å². The van der Waals surface area contributed by atoms with Crippen molar-refractivity contribution in [1.82, 2.24) is 0 Å². The Kier molecular flexibility index (Phi) is 3.05. The van der Waals surface area contributed by atoms with Gasteiger partial charge in [-0.25, -0.2) is 4.79 Å². The van der Waals surface area contributed by atoms with E-state index in [0.717, 1.165) is 0 Å². The summed E-state index contributed by atoms with van der Waals surface area (Å²) in [4.78, 5) is 10.9. The summed E-state index contributed by atoms with van der Waals surface area (Å²) in [6.45, 7) is 0. The van der Waals surface area contributed by atoms with Crippen molar-refractivity contribution in [2.45, 2.75) is 12.5 Å². The van der Waals surface area contributed by atoms with E-state index in [4.69, 9.17) is 0 Å². The number of carbonyl (C=O) groups is 1. The number of methoxy groups -OCH3 is 1. The molecule has 0 saturated carbocycles. The summed E-state index contributed by atoms with van der Waals surface area (Å²) in [7, 11) is 1.27. The molecule has 1 N–H and O–H groups in total. The second-order valence-corrected chi connectivity index (χ2v) is 2.68. The number of allylic oxidation sites excluding steroid dienone is 3. The van der Waals surface area contributed by atoms with E-state index in [1.54, 1.807) is 0 Å². The normalized spacial score (nSPS) is 23.7. The van der Waals surface area contributed by atoms with Crippen LogP contribution in [0.25, 0.3) is 0 Å².